The number of nitrogens with zero attached hydrogens (tertiary/aromatic N) is 3. The first-order valence-corrected chi connectivity index (χ1v) is 11.8. The minimum absolute atomic E-state index is 0.0233. The zero-order chi connectivity index (χ0) is 26.4. The summed E-state index contributed by atoms with van der Waals surface area (Å²) in [6, 6.07) is 0.0331. The van der Waals surface area contributed by atoms with Crippen LogP contribution in [0.2, 0.25) is 0 Å². The summed E-state index contributed by atoms with van der Waals surface area (Å²) in [5.74, 6) is -1.54. The molecule has 2 aromatic heterocycles. The van der Waals surface area contributed by atoms with E-state index in [0.29, 0.717) is 5.03 Å². The predicted molar refractivity (Wildman–Crippen MR) is 128 cm³/mol. The number of carbonyl (C=O) groups is 2. The van der Waals surface area contributed by atoms with E-state index in [-0.39, 0.29) is 41.6 Å². The molecule has 1 saturated heterocycles. The number of halogens is 4. The molecule has 0 spiro atoms. The molecule has 2 aromatic rings. The Kier molecular flexibility index (Phi) is 6.98. The van der Waals surface area contributed by atoms with Crippen LogP contribution in [0.1, 0.15) is 43.1 Å². The van der Waals surface area contributed by atoms with Crippen LogP contribution in [0.4, 0.5) is 19.0 Å². The molecular weight excluding hydrogens is 501 g/mol. The maximum Gasteiger partial charge on any atom is 0.408 e. The quantitative estimate of drug-likeness (QED) is 0.623. The Morgan fingerprint density at radius 3 is 2.64 bits per heavy atom. The lowest BCUT2D eigenvalue weighted by molar-refractivity contribution is -0.153. The Labute approximate surface area is 209 Å². The van der Waals surface area contributed by atoms with E-state index in [1.807, 2.05) is 18.3 Å². The number of nitrogens with one attached hydrogen (secondary N) is 1. The van der Waals surface area contributed by atoms with Gasteiger partial charge < -0.3 is 15.0 Å². The summed E-state index contributed by atoms with van der Waals surface area (Å²) in [5.41, 5.74) is -1.19. The number of hydrogen-bond donors (Lipinski definition) is 2. The molecule has 1 fully saturated rings. The molecule has 1 aliphatic heterocycles. The molecule has 0 radical (unpaired) electrons. The molecule has 1 aliphatic carbocycles. The second-order valence-corrected chi connectivity index (χ2v) is 9.33. The highest BCUT2D eigenvalue weighted by Gasteiger charge is 2.40. The lowest BCUT2D eigenvalue weighted by atomic mass is 9.96. The lowest BCUT2D eigenvalue weighted by Crippen LogP contribution is -2.46. The number of pyridine rings is 2. The van der Waals surface area contributed by atoms with Crippen molar-refractivity contribution in [2.24, 2.45) is 5.92 Å². The third kappa shape index (κ3) is 4.77. The first kappa shape index (κ1) is 25.9. The van der Waals surface area contributed by atoms with Crippen LogP contribution in [-0.2, 0) is 4.79 Å². The fourth-order valence-electron chi connectivity index (χ4n) is 4.47. The van der Waals surface area contributed by atoms with Crippen LogP contribution >= 0.6 is 11.6 Å². The number of carbonyl (C=O) groups excluding carboxylic acids is 2. The Morgan fingerprint density at radius 1 is 1.33 bits per heavy atom. The number of β-amino-alcohol motifs (C(OH)–C–C–N with tert-alkyl or cyclic N) is 1. The topological polar surface area (TPSA) is 105 Å². The number of hydrogen-bond acceptors (Lipinski definition) is 5. The van der Waals surface area contributed by atoms with Gasteiger partial charge in [-0.3, -0.25) is 19.3 Å². The van der Waals surface area contributed by atoms with Crippen molar-refractivity contribution in [3.63, 3.8) is 0 Å². The van der Waals surface area contributed by atoms with E-state index in [4.69, 9.17) is 11.6 Å². The van der Waals surface area contributed by atoms with Gasteiger partial charge in [0.1, 0.15) is 23.1 Å². The standard InChI is InChI=1S/C24H24ClF3N4O4/c1-3-17(24(26,27)28)29-23(36)15-11-32(20-12(2)5-4-6-16(20)25)22-14(21(15)35)7-8-18(30-22)31-10-13(33)9-19(31)34/h4-8,11-13,17,20,33H,3,9-10H2,1-2H3,(H,29,36)/t12?,13-,17+,20?/m0/s1. The number of aliphatic hydroxyl groups is 1. The molecule has 3 heterocycles. The lowest BCUT2D eigenvalue weighted by Gasteiger charge is -2.29. The Morgan fingerprint density at radius 2 is 2.06 bits per heavy atom. The Hall–Kier alpha value is -3.18. The number of anilines is 1. The van der Waals surface area contributed by atoms with Gasteiger partial charge in [0.25, 0.3) is 5.91 Å². The van der Waals surface area contributed by atoms with Gasteiger partial charge in [-0.1, -0.05) is 37.6 Å². The Bertz CT molecular complexity index is 1340. The molecule has 2 aliphatic rings. The predicted octanol–water partition coefficient (Wildman–Crippen LogP) is 3.43. The van der Waals surface area contributed by atoms with Gasteiger partial charge in [0.15, 0.2) is 0 Å². The first-order valence-electron chi connectivity index (χ1n) is 11.4. The number of fused-ring (bicyclic) bond motifs is 1. The highest BCUT2D eigenvalue weighted by molar-refractivity contribution is 6.30. The fraction of sp³-hybridized carbons (Fsp3) is 0.417. The van der Waals surface area contributed by atoms with Gasteiger partial charge in [-0.05, 0) is 24.6 Å². The summed E-state index contributed by atoms with van der Waals surface area (Å²) < 4.78 is 41.3. The summed E-state index contributed by atoms with van der Waals surface area (Å²) in [5, 5.41) is 12.1. The fourth-order valence-corrected chi connectivity index (χ4v) is 4.84. The number of aromatic nitrogens is 2. The van der Waals surface area contributed by atoms with Crippen LogP contribution in [0.25, 0.3) is 11.0 Å². The molecule has 4 atom stereocenters. The molecule has 0 saturated carbocycles. The Balaban J connectivity index is 1.89. The highest BCUT2D eigenvalue weighted by atomic mass is 35.5. The monoisotopic (exact) mass is 524 g/mol. The van der Waals surface area contributed by atoms with E-state index in [2.05, 4.69) is 4.98 Å². The molecule has 0 aromatic carbocycles. The first-order chi connectivity index (χ1) is 16.9. The van der Waals surface area contributed by atoms with Crippen molar-refractivity contribution in [3.05, 3.63) is 57.4 Å². The van der Waals surface area contributed by atoms with E-state index in [0.717, 1.165) is 6.20 Å². The van der Waals surface area contributed by atoms with Gasteiger partial charge in [-0.2, -0.15) is 13.2 Å². The number of amides is 2. The average molecular weight is 525 g/mol. The molecule has 192 valence electrons. The summed E-state index contributed by atoms with van der Waals surface area (Å²) in [7, 11) is 0. The van der Waals surface area contributed by atoms with Crippen molar-refractivity contribution in [2.75, 3.05) is 11.4 Å². The average Bonchev–Trinajstić information content (AvgIpc) is 3.15. The summed E-state index contributed by atoms with van der Waals surface area (Å²) in [6.45, 7) is 3.15. The molecular formula is C24H24ClF3N4O4. The second kappa shape index (κ2) is 9.70. The van der Waals surface area contributed by atoms with Crippen molar-refractivity contribution < 1.29 is 27.9 Å². The molecule has 12 heteroatoms. The van der Waals surface area contributed by atoms with E-state index in [1.165, 1.54) is 28.5 Å². The normalized spacial score (nSPS) is 23.2. The van der Waals surface area contributed by atoms with Crippen LogP contribution in [0.5, 0.6) is 0 Å². The van der Waals surface area contributed by atoms with Crippen LogP contribution in [0, 0.1) is 5.92 Å². The molecule has 2 amide bonds. The van der Waals surface area contributed by atoms with Gasteiger partial charge >= 0.3 is 6.18 Å². The van der Waals surface area contributed by atoms with Gasteiger partial charge in [-0.25, -0.2) is 4.98 Å². The van der Waals surface area contributed by atoms with Gasteiger partial charge in [-0.15, -0.1) is 0 Å². The molecule has 2 N–H and O–H groups in total. The third-order valence-electron chi connectivity index (χ3n) is 6.35. The summed E-state index contributed by atoms with van der Waals surface area (Å²) in [4.78, 5) is 44.2. The number of allylic oxidation sites excluding steroid dienone is 4. The van der Waals surface area contributed by atoms with Crippen molar-refractivity contribution in [1.29, 1.82) is 0 Å². The SMILES string of the molecule is CC[C@@H](NC(=O)c1cn(C2C(Cl)=CC=CC2C)c2nc(N3C[C@@H](O)CC3=O)ccc2c1=O)C(F)(F)F. The minimum atomic E-state index is -4.68. The van der Waals surface area contributed by atoms with Gasteiger partial charge in [0.2, 0.25) is 11.3 Å². The maximum absolute atomic E-state index is 13.3. The molecule has 4 rings (SSSR count). The van der Waals surface area contributed by atoms with Crippen LogP contribution in [0.15, 0.2) is 46.4 Å². The second-order valence-electron chi connectivity index (χ2n) is 8.90. The zero-order valence-electron chi connectivity index (χ0n) is 19.4. The van der Waals surface area contributed by atoms with Gasteiger partial charge in [0.05, 0.1) is 30.5 Å². The van der Waals surface area contributed by atoms with Crippen LogP contribution < -0.4 is 15.6 Å². The molecule has 36 heavy (non-hydrogen) atoms. The number of aliphatic hydroxyl groups excluding tert-OH is 1. The van der Waals surface area contributed by atoms with E-state index >= 15 is 0 Å². The van der Waals surface area contributed by atoms with Crippen molar-refractivity contribution in [1.82, 2.24) is 14.9 Å². The summed E-state index contributed by atoms with van der Waals surface area (Å²) >= 11 is 6.50. The van der Waals surface area contributed by atoms with E-state index in [1.54, 1.807) is 12.2 Å². The number of rotatable bonds is 5. The van der Waals surface area contributed by atoms with Gasteiger partial charge in [0, 0.05) is 17.1 Å². The minimum Gasteiger partial charge on any atom is -0.391 e. The summed E-state index contributed by atoms with van der Waals surface area (Å²) in [6.07, 6.45) is 0.386. The maximum atomic E-state index is 13.3. The highest BCUT2D eigenvalue weighted by Crippen LogP contribution is 2.35. The molecule has 2 unspecified atom stereocenters. The number of alkyl halides is 3. The third-order valence-corrected chi connectivity index (χ3v) is 6.70. The zero-order valence-corrected chi connectivity index (χ0v) is 20.2. The van der Waals surface area contributed by atoms with Crippen molar-refractivity contribution in [3.8, 4) is 0 Å². The van der Waals surface area contributed by atoms with Crippen molar-refractivity contribution >= 4 is 40.3 Å². The van der Waals surface area contributed by atoms with E-state index in [9.17, 15) is 32.7 Å². The van der Waals surface area contributed by atoms with E-state index < -0.39 is 47.7 Å². The molecule has 8 nitrogen and oxygen atoms in total. The van der Waals surface area contributed by atoms with Crippen LogP contribution in [0.3, 0.4) is 0 Å². The molecule has 0 bridgehead atoms. The van der Waals surface area contributed by atoms with Crippen LogP contribution in [-0.4, -0.2) is 51.3 Å². The van der Waals surface area contributed by atoms with Crippen molar-refractivity contribution in [2.45, 2.75) is 51.1 Å². The largest absolute Gasteiger partial charge is 0.408 e. The smallest absolute Gasteiger partial charge is 0.391 e.